The van der Waals surface area contributed by atoms with Crippen molar-refractivity contribution in [3.8, 4) is 0 Å². The molecule has 0 heterocycles. The summed E-state index contributed by atoms with van der Waals surface area (Å²) < 4.78 is 9.56. The van der Waals surface area contributed by atoms with Gasteiger partial charge in [0.2, 0.25) is 0 Å². The first-order chi connectivity index (χ1) is 2.81. The predicted molar refractivity (Wildman–Crippen MR) is 31.4 cm³/mol. The standard InChI is InChI=1S/C3H9O2Si.Na/c1-4-6(3)5-2;/h1-3H3;. The Hall–Kier alpha value is 1.14. The average Bonchev–Trinajstić information content (AvgIpc) is 1.65. The maximum Gasteiger partial charge on any atom is 0.380 e. The van der Waals surface area contributed by atoms with Crippen molar-refractivity contribution in [3.05, 3.63) is 0 Å². The van der Waals surface area contributed by atoms with Gasteiger partial charge in [-0.25, -0.2) is 0 Å². The van der Waals surface area contributed by atoms with Crippen LogP contribution in [-0.2, 0) is 8.85 Å². The molecule has 0 spiro atoms. The zero-order chi connectivity index (χ0) is 4.99. The summed E-state index contributed by atoms with van der Waals surface area (Å²) in [5, 5.41) is 0. The van der Waals surface area contributed by atoms with E-state index in [0.29, 0.717) is 0 Å². The fourth-order valence-corrected chi connectivity index (χ4v) is 0.250. The topological polar surface area (TPSA) is 18.5 Å². The Kier molecular flexibility index (Phi) is 11.2. The average molecular weight is 128 g/mol. The van der Waals surface area contributed by atoms with Crippen molar-refractivity contribution >= 4 is 38.8 Å². The van der Waals surface area contributed by atoms with Gasteiger partial charge in [-0.2, -0.15) is 0 Å². The van der Waals surface area contributed by atoms with Gasteiger partial charge in [0.05, 0.1) is 0 Å². The van der Waals surface area contributed by atoms with Crippen molar-refractivity contribution in [2.45, 2.75) is 6.55 Å². The second-order valence-corrected chi connectivity index (χ2v) is 2.70. The van der Waals surface area contributed by atoms with Crippen molar-refractivity contribution in [1.82, 2.24) is 0 Å². The molecular weight excluding hydrogens is 119 g/mol. The Labute approximate surface area is 68.3 Å². The van der Waals surface area contributed by atoms with Crippen LogP contribution in [0.25, 0.3) is 0 Å². The van der Waals surface area contributed by atoms with Gasteiger partial charge in [-0.1, -0.05) is 0 Å². The summed E-state index contributed by atoms with van der Waals surface area (Å²) >= 11 is 0. The fourth-order valence-electron chi connectivity index (χ4n) is 0.0833. The molecule has 0 atom stereocenters. The van der Waals surface area contributed by atoms with E-state index in [2.05, 4.69) is 0 Å². The van der Waals surface area contributed by atoms with E-state index >= 15 is 0 Å². The summed E-state index contributed by atoms with van der Waals surface area (Å²) in [5.41, 5.74) is 0. The molecular formula is C3H9NaO2Si. The van der Waals surface area contributed by atoms with Gasteiger partial charge in [-0.05, 0) is 6.55 Å². The van der Waals surface area contributed by atoms with Gasteiger partial charge in [0.25, 0.3) is 0 Å². The minimum atomic E-state index is -0.868. The van der Waals surface area contributed by atoms with Crippen LogP contribution in [0.3, 0.4) is 0 Å². The molecule has 0 saturated carbocycles. The van der Waals surface area contributed by atoms with Gasteiger partial charge in [-0.15, -0.1) is 0 Å². The first-order valence-corrected chi connectivity index (χ1v) is 3.54. The molecule has 2 radical (unpaired) electrons. The van der Waals surface area contributed by atoms with Crippen LogP contribution < -0.4 is 0 Å². The Morgan fingerprint density at radius 3 is 1.43 bits per heavy atom. The van der Waals surface area contributed by atoms with Crippen molar-refractivity contribution in [2.24, 2.45) is 0 Å². The van der Waals surface area contributed by atoms with Gasteiger partial charge >= 0.3 is 9.28 Å². The molecule has 0 aliphatic carbocycles. The van der Waals surface area contributed by atoms with E-state index in [0.717, 1.165) is 0 Å². The molecule has 2 nitrogen and oxygen atoms in total. The minimum Gasteiger partial charge on any atom is -0.397 e. The molecule has 38 valence electrons. The third-order valence-corrected chi connectivity index (χ3v) is 1.72. The van der Waals surface area contributed by atoms with E-state index in [9.17, 15) is 0 Å². The van der Waals surface area contributed by atoms with Crippen molar-refractivity contribution in [2.75, 3.05) is 14.2 Å². The van der Waals surface area contributed by atoms with E-state index < -0.39 is 9.28 Å². The van der Waals surface area contributed by atoms with Crippen LogP contribution >= 0.6 is 0 Å². The van der Waals surface area contributed by atoms with Crippen molar-refractivity contribution in [3.63, 3.8) is 0 Å². The molecule has 0 aromatic carbocycles. The van der Waals surface area contributed by atoms with Crippen LogP contribution in [0.4, 0.5) is 0 Å². The van der Waals surface area contributed by atoms with Gasteiger partial charge < -0.3 is 8.85 Å². The maximum absolute atomic E-state index is 4.78. The Bertz CT molecular complexity index is 32.1. The molecule has 0 fully saturated rings. The molecule has 0 rings (SSSR count). The van der Waals surface area contributed by atoms with Crippen LogP contribution in [0.2, 0.25) is 6.55 Å². The van der Waals surface area contributed by atoms with Crippen LogP contribution in [-0.4, -0.2) is 53.1 Å². The van der Waals surface area contributed by atoms with Gasteiger partial charge in [0.15, 0.2) is 0 Å². The second-order valence-electron chi connectivity index (χ2n) is 0.900. The monoisotopic (exact) mass is 128 g/mol. The molecule has 4 heteroatoms. The maximum atomic E-state index is 4.78. The van der Waals surface area contributed by atoms with Crippen LogP contribution in [0, 0.1) is 0 Å². The zero-order valence-electron chi connectivity index (χ0n) is 5.32. The predicted octanol–water partition coefficient (Wildman–Crippen LogP) is 0.0164. The SMILES string of the molecule is CO[Si](C)OC.[Na]. The third-order valence-electron chi connectivity index (χ3n) is 0.575. The molecule has 0 aromatic rings. The quantitative estimate of drug-likeness (QED) is 0.488. The molecule has 7 heavy (non-hydrogen) atoms. The second kappa shape index (κ2) is 7.14. The number of hydrogen-bond acceptors (Lipinski definition) is 2. The van der Waals surface area contributed by atoms with E-state index in [-0.39, 0.29) is 29.6 Å². The smallest absolute Gasteiger partial charge is 0.380 e. The summed E-state index contributed by atoms with van der Waals surface area (Å²) in [6, 6.07) is 0. The largest absolute Gasteiger partial charge is 0.397 e. The molecule has 0 aliphatic rings. The molecule has 0 aromatic heterocycles. The third kappa shape index (κ3) is 7.14. The molecule has 0 amide bonds. The summed E-state index contributed by atoms with van der Waals surface area (Å²) in [7, 11) is 2.43. The Morgan fingerprint density at radius 1 is 1.14 bits per heavy atom. The van der Waals surface area contributed by atoms with Crippen molar-refractivity contribution < 1.29 is 8.85 Å². The summed E-state index contributed by atoms with van der Waals surface area (Å²) in [6.07, 6.45) is 0. The molecule has 0 bridgehead atoms. The van der Waals surface area contributed by atoms with E-state index in [4.69, 9.17) is 8.85 Å². The Morgan fingerprint density at radius 2 is 1.43 bits per heavy atom. The Balaban J connectivity index is 0. The molecule has 0 saturated heterocycles. The van der Waals surface area contributed by atoms with E-state index in [1.807, 2.05) is 6.55 Å². The zero-order valence-corrected chi connectivity index (χ0v) is 8.32. The summed E-state index contributed by atoms with van der Waals surface area (Å²) in [4.78, 5) is 0. The summed E-state index contributed by atoms with van der Waals surface area (Å²) in [5.74, 6) is 0. The number of rotatable bonds is 2. The van der Waals surface area contributed by atoms with Crippen LogP contribution in [0.15, 0.2) is 0 Å². The molecule has 0 aliphatic heterocycles. The first-order valence-electron chi connectivity index (χ1n) is 1.72. The molecule has 0 N–H and O–H groups in total. The minimum absolute atomic E-state index is 0. The van der Waals surface area contributed by atoms with E-state index in [1.54, 1.807) is 14.2 Å². The van der Waals surface area contributed by atoms with Gasteiger partial charge in [0.1, 0.15) is 0 Å². The van der Waals surface area contributed by atoms with Gasteiger partial charge in [-0.3, -0.25) is 0 Å². The normalized spacial score (nSPS) is 8.57. The van der Waals surface area contributed by atoms with Crippen LogP contribution in [0.1, 0.15) is 0 Å². The fraction of sp³-hybridized carbons (Fsp3) is 1.00. The van der Waals surface area contributed by atoms with E-state index in [1.165, 1.54) is 0 Å². The summed E-state index contributed by atoms with van der Waals surface area (Å²) in [6.45, 7) is 1.94. The van der Waals surface area contributed by atoms with Gasteiger partial charge in [0, 0.05) is 43.8 Å². The van der Waals surface area contributed by atoms with Crippen LogP contribution in [0.5, 0.6) is 0 Å². The molecule has 0 unspecified atom stereocenters. The first kappa shape index (κ1) is 11.0. The number of hydrogen-bond donors (Lipinski definition) is 0. The van der Waals surface area contributed by atoms with Crippen molar-refractivity contribution in [1.29, 1.82) is 0 Å².